The summed E-state index contributed by atoms with van der Waals surface area (Å²) in [4.78, 5) is 25.0. The summed E-state index contributed by atoms with van der Waals surface area (Å²) in [5.74, 6) is -0.159. The second-order valence-corrected chi connectivity index (χ2v) is 4.95. The highest BCUT2D eigenvalue weighted by Gasteiger charge is 2.19. The summed E-state index contributed by atoms with van der Waals surface area (Å²) < 4.78 is 0. The molecule has 4 heteroatoms. The van der Waals surface area contributed by atoms with Crippen LogP contribution in [0.15, 0.2) is 30.9 Å². The van der Waals surface area contributed by atoms with Crippen molar-refractivity contribution in [1.29, 1.82) is 5.26 Å². The van der Waals surface area contributed by atoms with E-state index in [0.29, 0.717) is 23.4 Å². The van der Waals surface area contributed by atoms with E-state index in [9.17, 15) is 14.9 Å². The van der Waals surface area contributed by atoms with Crippen molar-refractivity contribution in [3.05, 3.63) is 42.0 Å². The molecule has 0 fully saturated rings. The van der Waals surface area contributed by atoms with Crippen molar-refractivity contribution >= 4 is 17.4 Å². The van der Waals surface area contributed by atoms with E-state index in [1.165, 1.54) is 17.9 Å². The molecular weight excluding hydrogens is 252 g/mol. The molecule has 1 aromatic rings. The van der Waals surface area contributed by atoms with Gasteiger partial charge in [-0.05, 0) is 37.1 Å². The van der Waals surface area contributed by atoms with Crippen molar-refractivity contribution in [2.45, 2.75) is 20.8 Å². The van der Waals surface area contributed by atoms with Gasteiger partial charge in [0.25, 0.3) is 0 Å². The third-order valence-electron chi connectivity index (χ3n) is 2.80. The molecular formula is C16H18N2O2. The molecule has 1 rings (SSSR count). The maximum atomic E-state index is 12.0. The third-order valence-corrected chi connectivity index (χ3v) is 2.80. The van der Waals surface area contributed by atoms with Gasteiger partial charge in [-0.3, -0.25) is 9.59 Å². The van der Waals surface area contributed by atoms with Crippen LogP contribution >= 0.6 is 0 Å². The first kappa shape index (κ1) is 15.6. The molecule has 1 aromatic carbocycles. The largest absolute Gasteiger partial charge is 0.307 e. The molecule has 0 aliphatic rings. The summed E-state index contributed by atoms with van der Waals surface area (Å²) in [6.07, 6.45) is 1.21. The zero-order valence-electron chi connectivity index (χ0n) is 12.0. The minimum Gasteiger partial charge on any atom is -0.307 e. The standard InChI is InChI=1S/C16H18N2O2/c1-5-16(20)18(10-11(2)3)15-8-13(12(4)19)6-7-14(15)9-17/h5-8,11H,1,10H2,2-4H3. The number of hydrogen-bond acceptors (Lipinski definition) is 3. The second-order valence-electron chi connectivity index (χ2n) is 4.95. The monoisotopic (exact) mass is 270 g/mol. The van der Waals surface area contributed by atoms with E-state index < -0.39 is 0 Å². The molecule has 0 unspecified atom stereocenters. The molecule has 20 heavy (non-hydrogen) atoms. The van der Waals surface area contributed by atoms with E-state index in [2.05, 4.69) is 12.6 Å². The minimum absolute atomic E-state index is 0.105. The van der Waals surface area contributed by atoms with Crippen molar-refractivity contribution in [2.75, 3.05) is 11.4 Å². The summed E-state index contributed by atoms with van der Waals surface area (Å²) in [6, 6.07) is 6.80. The second kappa shape index (κ2) is 6.67. The molecule has 0 radical (unpaired) electrons. The van der Waals surface area contributed by atoms with Gasteiger partial charge in [-0.1, -0.05) is 20.4 Å². The van der Waals surface area contributed by atoms with E-state index in [4.69, 9.17) is 0 Å². The summed E-state index contributed by atoms with van der Waals surface area (Å²) >= 11 is 0. The molecule has 0 saturated carbocycles. The Kier molecular flexibility index (Phi) is 5.22. The van der Waals surface area contributed by atoms with Gasteiger partial charge in [0.1, 0.15) is 6.07 Å². The van der Waals surface area contributed by atoms with Gasteiger partial charge < -0.3 is 4.90 Å². The fraction of sp³-hybridized carbons (Fsp3) is 0.312. The van der Waals surface area contributed by atoms with E-state index in [1.54, 1.807) is 18.2 Å². The van der Waals surface area contributed by atoms with Gasteiger partial charge in [0.2, 0.25) is 5.91 Å². The smallest absolute Gasteiger partial charge is 0.250 e. The number of hydrogen-bond donors (Lipinski definition) is 0. The molecule has 0 heterocycles. The highest BCUT2D eigenvalue weighted by Crippen LogP contribution is 2.24. The zero-order valence-corrected chi connectivity index (χ0v) is 12.0. The van der Waals surface area contributed by atoms with Gasteiger partial charge >= 0.3 is 0 Å². The van der Waals surface area contributed by atoms with Crippen LogP contribution in [0.1, 0.15) is 36.7 Å². The van der Waals surface area contributed by atoms with Crippen LogP contribution in [-0.2, 0) is 4.79 Å². The lowest BCUT2D eigenvalue weighted by atomic mass is 10.0. The molecule has 0 saturated heterocycles. The van der Waals surface area contributed by atoms with Gasteiger partial charge in [-0.2, -0.15) is 5.26 Å². The number of anilines is 1. The van der Waals surface area contributed by atoms with Gasteiger partial charge in [0.15, 0.2) is 5.78 Å². The number of amides is 1. The Balaban J connectivity index is 3.40. The molecule has 0 aromatic heterocycles. The Morgan fingerprint density at radius 1 is 1.45 bits per heavy atom. The van der Waals surface area contributed by atoms with Crippen LogP contribution in [0.25, 0.3) is 0 Å². The van der Waals surface area contributed by atoms with Gasteiger partial charge in [0, 0.05) is 12.1 Å². The molecule has 104 valence electrons. The number of nitrogens with zero attached hydrogens (tertiary/aromatic N) is 2. The predicted octanol–water partition coefficient (Wildman–Crippen LogP) is 2.94. The molecule has 4 nitrogen and oxygen atoms in total. The summed E-state index contributed by atoms with van der Waals surface area (Å²) in [5, 5.41) is 9.19. The first-order valence-electron chi connectivity index (χ1n) is 6.39. The maximum absolute atomic E-state index is 12.0. The fourth-order valence-electron chi connectivity index (χ4n) is 1.85. The van der Waals surface area contributed by atoms with Crippen molar-refractivity contribution in [3.8, 4) is 6.07 Å². The summed E-state index contributed by atoms with van der Waals surface area (Å²) in [6.45, 7) is 9.35. The number of carbonyl (C=O) groups excluding carboxylic acids is 2. The molecule has 0 bridgehead atoms. The fourth-order valence-corrected chi connectivity index (χ4v) is 1.85. The minimum atomic E-state index is -0.282. The Bertz CT molecular complexity index is 583. The number of carbonyl (C=O) groups is 2. The molecule has 0 spiro atoms. The van der Waals surface area contributed by atoms with Crippen LogP contribution in [0.4, 0.5) is 5.69 Å². The quantitative estimate of drug-likeness (QED) is 0.610. The Hall–Kier alpha value is -2.41. The Morgan fingerprint density at radius 2 is 2.10 bits per heavy atom. The normalized spacial score (nSPS) is 9.95. The third kappa shape index (κ3) is 3.55. The molecule has 0 aliphatic heterocycles. The maximum Gasteiger partial charge on any atom is 0.250 e. The van der Waals surface area contributed by atoms with Crippen LogP contribution in [-0.4, -0.2) is 18.2 Å². The molecule has 0 atom stereocenters. The molecule has 0 N–H and O–H groups in total. The van der Waals surface area contributed by atoms with Crippen LogP contribution in [0.2, 0.25) is 0 Å². The first-order chi connectivity index (χ1) is 9.40. The number of nitriles is 1. The van der Waals surface area contributed by atoms with Crippen LogP contribution in [0.3, 0.4) is 0 Å². The van der Waals surface area contributed by atoms with Crippen LogP contribution in [0, 0.1) is 17.2 Å². The SMILES string of the molecule is C=CC(=O)N(CC(C)C)c1cc(C(C)=O)ccc1C#N. The number of benzene rings is 1. The van der Waals surface area contributed by atoms with Crippen LogP contribution < -0.4 is 4.90 Å². The Labute approximate surface area is 119 Å². The van der Waals surface area contributed by atoms with Crippen LogP contribution in [0.5, 0.6) is 0 Å². The number of Topliss-reactive ketones (excluding diaryl/α,β-unsaturated/α-hetero) is 1. The lowest BCUT2D eigenvalue weighted by molar-refractivity contribution is -0.114. The predicted molar refractivity (Wildman–Crippen MR) is 78.5 cm³/mol. The summed E-state index contributed by atoms with van der Waals surface area (Å²) in [7, 11) is 0. The average Bonchev–Trinajstić information content (AvgIpc) is 2.42. The van der Waals surface area contributed by atoms with E-state index in [1.807, 2.05) is 13.8 Å². The highest BCUT2D eigenvalue weighted by atomic mass is 16.2. The van der Waals surface area contributed by atoms with Crippen molar-refractivity contribution in [2.24, 2.45) is 5.92 Å². The lowest BCUT2D eigenvalue weighted by Crippen LogP contribution is -2.33. The highest BCUT2D eigenvalue weighted by molar-refractivity contribution is 6.03. The van der Waals surface area contributed by atoms with Gasteiger partial charge in [-0.25, -0.2) is 0 Å². The van der Waals surface area contributed by atoms with E-state index >= 15 is 0 Å². The average molecular weight is 270 g/mol. The van der Waals surface area contributed by atoms with Crippen molar-refractivity contribution in [1.82, 2.24) is 0 Å². The van der Waals surface area contributed by atoms with Gasteiger partial charge in [-0.15, -0.1) is 0 Å². The topological polar surface area (TPSA) is 61.2 Å². The first-order valence-corrected chi connectivity index (χ1v) is 6.39. The number of rotatable bonds is 5. The number of ketones is 1. The Morgan fingerprint density at radius 3 is 2.55 bits per heavy atom. The van der Waals surface area contributed by atoms with Gasteiger partial charge in [0.05, 0.1) is 11.3 Å². The van der Waals surface area contributed by atoms with E-state index in [-0.39, 0.29) is 17.6 Å². The summed E-state index contributed by atoms with van der Waals surface area (Å²) in [5.41, 5.74) is 1.30. The molecule has 0 aliphatic carbocycles. The zero-order chi connectivity index (χ0) is 15.3. The van der Waals surface area contributed by atoms with Crippen molar-refractivity contribution in [3.63, 3.8) is 0 Å². The van der Waals surface area contributed by atoms with Crippen molar-refractivity contribution < 1.29 is 9.59 Å². The molecule has 1 amide bonds. The lowest BCUT2D eigenvalue weighted by Gasteiger charge is -2.24. The van der Waals surface area contributed by atoms with E-state index in [0.717, 1.165) is 0 Å².